The van der Waals surface area contributed by atoms with Gasteiger partial charge in [0.25, 0.3) is 0 Å². The van der Waals surface area contributed by atoms with Gasteiger partial charge >= 0.3 is 0 Å². The molecule has 0 fully saturated rings. The number of rotatable bonds is 4. The van der Waals surface area contributed by atoms with E-state index in [1.807, 2.05) is 36.4 Å². The van der Waals surface area contributed by atoms with Crippen molar-refractivity contribution in [1.29, 1.82) is 0 Å². The lowest BCUT2D eigenvalue weighted by Gasteiger charge is -2.17. The summed E-state index contributed by atoms with van der Waals surface area (Å²) in [4.78, 5) is 0. The van der Waals surface area contributed by atoms with Gasteiger partial charge in [-0.05, 0) is 32.0 Å². The normalized spacial score (nSPS) is 11.0. The summed E-state index contributed by atoms with van der Waals surface area (Å²) in [5, 5.41) is 2.25. The number of ether oxygens (including phenoxy) is 1. The molecule has 3 rings (SSSR count). The molecule has 0 bridgehead atoms. The highest BCUT2D eigenvalue weighted by Crippen LogP contribution is 2.24. The lowest BCUT2D eigenvalue weighted by Crippen LogP contribution is -2.68. The van der Waals surface area contributed by atoms with Crippen molar-refractivity contribution in [2.45, 2.75) is 13.8 Å². The molecular weight excluding hydrogens is 386 g/mol. The average molecular weight is 408 g/mol. The maximum absolute atomic E-state index is 8.49. The first-order valence-corrected chi connectivity index (χ1v) is 9.87. The highest BCUT2D eigenvalue weighted by Gasteiger charge is 2.12. The van der Waals surface area contributed by atoms with E-state index in [-0.39, 0.29) is 0 Å². The lowest BCUT2D eigenvalue weighted by atomic mass is 10.1. The van der Waals surface area contributed by atoms with Crippen molar-refractivity contribution in [3.63, 3.8) is 0 Å². The first-order chi connectivity index (χ1) is 13.3. The Balaban J connectivity index is 0.000000500. The largest absolute Gasteiger partial charge is 0.497 e. The number of benzene rings is 2. The van der Waals surface area contributed by atoms with Gasteiger partial charge in [-0.3, -0.25) is 0 Å². The van der Waals surface area contributed by atoms with Crippen LogP contribution < -0.4 is 33.3 Å². The smallest absolute Gasteiger partial charge is 0.214 e. The van der Waals surface area contributed by atoms with E-state index in [9.17, 15) is 0 Å². The number of nitrogens with zero attached hydrogens (tertiary/aromatic N) is 1. The van der Waals surface area contributed by atoms with E-state index in [1.165, 1.54) is 5.36 Å². The van der Waals surface area contributed by atoms with Crippen molar-refractivity contribution in [2.24, 2.45) is 0 Å². The molecule has 1 heterocycles. The molecule has 150 valence electrons. The number of hydrogen-bond acceptors (Lipinski definition) is 6. The molecule has 0 aliphatic rings. The van der Waals surface area contributed by atoms with Crippen LogP contribution in [-0.4, -0.2) is 20.2 Å². The predicted molar refractivity (Wildman–Crippen MR) is 94.6 cm³/mol. The first-order valence-electron chi connectivity index (χ1n) is 8.63. The minimum absolute atomic E-state index is 0.841. The molecule has 0 radical (unpaired) electrons. The summed E-state index contributed by atoms with van der Waals surface area (Å²) in [7, 11) is -3.26. The minimum atomic E-state index is -4.94. The Morgan fingerprint density at radius 1 is 0.929 bits per heavy atom. The topological polar surface area (TPSA) is 118 Å². The SMILES string of the molecule is CC[N+](CC)=c1cc(-c2ccccc2)oc2ccc(OC)cc12.[O-][Cl+3]([O-])([O-])[O-]. The Morgan fingerprint density at radius 3 is 2.07 bits per heavy atom. The molecule has 0 saturated carbocycles. The van der Waals surface area contributed by atoms with Crippen LogP contribution in [0.5, 0.6) is 5.75 Å². The molecule has 0 atom stereocenters. The molecule has 0 N–H and O–H groups in total. The number of fused-ring (bicyclic) bond motifs is 1. The number of halogens is 1. The fraction of sp³-hybridized carbons (Fsp3) is 0.250. The van der Waals surface area contributed by atoms with Crippen LogP contribution in [0.3, 0.4) is 0 Å². The van der Waals surface area contributed by atoms with Crippen LogP contribution >= 0.6 is 0 Å². The van der Waals surface area contributed by atoms with Crippen LogP contribution in [-0.2, 0) is 0 Å². The summed E-state index contributed by atoms with van der Waals surface area (Å²) >= 11 is 0. The van der Waals surface area contributed by atoms with Gasteiger partial charge in [-0.25, -0.2) is 23.2 Å². The molecular formula is C20H22ClNO6. The van der Waals surface area contributed by atoms with Gasteiger partial charge in [-0.1, -0.05) is 30.3 Å². The Labute approximate surface area is 165 Å². The average Bonchev–Trinajstić information content (AvgIpc) is 2.67. The highest BCUT2D eigenvalue weighted by molar-refractivity contribution is 5.80. The van der Waals surface area contributed by atoms with Crippen LogP contribution in [0.15, 0.2) is 59.0 Å². The van der Waals surface area contributed by atoms with Gasteiger partial charge in [0.2, 0.25) is 5.36 Å². The third-order valence-electron chi connectivity index (χ3n) is 4.11. The zero-order valence-electron chi connectivity index (χ0n) is 15.9. The molecule has 0 aliphatic heterocycles. The maximum atomic E-state index is 8.49. The summed E-state index contributed by atoms with van der Waals surface area (Å²) < 4.78 is 47.8. The molecule has 0 aliphatic carbocycles. The van der Waals surface area contributed by atoms with Crippen LogP contribution in [0.4, 0.5) is 0 Å². The Kier molecular flexibility index (Phi) is 7.56. The Bertz CT molecular complexity index is 967. The summed E-state index contributed by atoms with van der Waals surface area (Å²) in [5.41, 5.74) is 1.95. The van der Waals surface area contributed by atoms with Crippen molar-refractivity contribution in [1.82, 2.24) is 4.58 Å². The molecule has 1 aromatic heterocycles. The second-order valence-electron chi connectivity index (χ2n) is 5.77. The molecule has 0 amide bonds. The van der Waals surface area contributed by atoms with E-state index in [4.69, 9.17) is 27.8 Å². The fourth-order valence-electron chi connectivity index (χ4n) is 2.85. The van der Waals surface area contributed by atoms with Crippen LogP contribution in [0.2, 0.25) is 0 Å². The summed E-state index contributed by atoms with van der Waals surface area (Å²) in [5.74, 6) is 1.72. The van der Waals surface area contributed by atoms with Crippen molar-refractivity contribution in [3.8, 4) is 17.1 Å². The lowest BCUT2D eigenvalue weighted by molar-refractivity contribution is -2.00. The van der Waals surface area contributed by atoms with E-state index in [1.54, 1.807) is 7.11 Å². The Hall–Kier alpha value is -2.42. The van der Waals surface area contributed by atoms with Gasteiger partial charge in [0, 0.05) is 5.56 Å². The van der Waals surface area contributed by atoms with Gasteiger partial charge in [-0.15, -0.1) is 10.2 Å². The first kappa shape index (κ1) is 21.9. The summed E-state index contributed by atoms with van der Waals surface area (Å²) in [6.07, 6.45) is 0. The quantitative estimate of drug-likeness (QED) is 0.521. The maximum Gasteiger partial charge on any atom is 0.214 e. The third kappa shape index (κ3) is 6.05. The van der Waals surface area contributed by atoms with Crippen LogP contribution in [0, 0.1) is 10.2 Å². The number of methoxy groups -OCH3 is 1. The molecule has 28 heavy (non-hydrogen) atoms. The minimum Gasteiger partial charge on any atom is -0.497 e. The second-order valence-corrected chi connectivity index (χ2v) is 6.53. The molecule has 8 heteroatoms. The molecule has 3 aromatic rings. The van der Waals surface area contributed by atoms with Gasteiger partial charge in [0.1, 0.15) is 30.2 Å². The summed E-state index contributed by atoms with van der Waals surface area (Å²) in [6.45, 7) is 6.23. The van der Waals surface area contributed by atoms with Crippen molar-refractivity contribution in [2.75, 3.05) is 20.2 Å². The zero-order chi connectivity index (χ0) is 20.7. The summed E-state index contributed by atoms with van der Waals surface area (Å²) in [6, 6.07) is 18.3. The van der Waals surface area contributed by atoms with Crippen LogP contribution in [0.25, 0.3) is 22.3 Å². The van der Waals surface area contributed by atoms with Crippen molar-refractivity contribution in [3.05, 3.63) is 60.0 Å². The van der Waals surface area contributed by atoms with E-state index < -0.39 is 10.2 Å². The monoisotopic (exact) mass is 407 g/mol. The highest BCUT2D eigenvalue weighted by atomic mass is 35.7. The zero-order valence-corrected chi connectivity index (χ0v) is 16.6. The fourth-order valence-corrected chi connectivity index (χ4v) is 2.85. The molecule has 0 saturated heterocycles. The third-order valence-corrected chi connectivity index (χ3v) is 4.11. The molecule has 0 unspecified atom stereocenters. The molecule has 7 nitrogen and oxygen atoms in total. The van der Waals surface area contributed by atoms with E-state index in [0.29, 0.717) is 0 Å². The second kappa shape index (κ2) is 9.68. The van der Waals surface area contributed by atoms with Gasteiger partial charge in [-0.2, -0.15) is 0 Å². The van der Waals surface area contributed by atoms with Crippen LogP contribution in [0.1, 0.15) is 13.8 Å². The van der Waals surface area contributed by atoms with Crippen molar-refractivity contribution >= 4 is 11.0 Å². The molecule has 0 spiro atoms. The van der Waals surface area contributed by atoms with E-state index >= 15 is 0 Å². The predicted octanol–water partition coefficient (Wildman–Crippen LogP) is -0.836. The number of hydrogen-bond donors (Lipinski definition) is 0. The van der Waals surface area contributed by atoms with Gasteiger partial charge < -0.3 is 9.15 Å². The van der Waals surface area contributed by atoms with Gasteiger partial charge in [0.05, 0.1) is 18.6 Å². The molecule has 2 aromatic carbocycles. The van der Waals surface area contributed by atoms with E-state index in [2.05, 4.69) is 36.6 Å². The van der Waals surface area contributed by atoms with E-state index in [0.717, 1.165) is 41.1 Å². The van der Waals surface area contributed by atoms with Crippen molar-refractivity contribution < 1.29 is 38.0 Å². The Morgan fingerprint density at radius 2 is 1.54 bits per heavy atom. The van der Waals surface area contributed by atoms with Gasteiger partial charge in [0.15, 0.2) is 0 Å². The standard InChI is InChI=1S/C20H22NO2.ClHO4/c1-4-21(5-2)18-14-20(15-9-7-6-8-10-15)23-19-12-11-16(22-3)13-17(18)19;2-1(3,4)5/h6-14H,4-5H2,1-3H3;(H,2,3,4,5)/q+1;/p-1.